The van der Waals surface area contributed by atoms with E-state index in [2.05, 4.69) is 15.1 Å². The molecule has 1 fully saturated rings. The minimum absolute atomic E-state index is 0.280. The van der Waals surface area contributed by atoms with Crippen LogP contribution in [0.4, 0.5) is 5.82 Å². The molecule has 0 aliphatic carbocycles. The molecule has 0 spiro atoms. The topological polar surface area (TPSA) is 55.0 Å². The molecule has 2 rings (SSSR count). The van der Waals surface area contributed by atoms with Gasteiger partial charge in [-0.1, -0.05) is 11.6 Å². The van der Waals surface area contributed by atoms with Crippen LogP contribution in [0.2, 0.25) is 5.15 Å². The van der Waals surface area contributed by atoms with Crippen LogP contribution in [-0.4, -0.2) is 29.3 Å². The molecule has 0 atom stereocenters. The number of hydrogen-bond acceptors (Lipinski definition) is 4. The summed E-state index contributed by atoms with van der Waals surface area (Å²) in [5, 5.41) is 8.08. The van der Waals surface area contributed by atoms with Gasteiger partial charge in [0, 0.05) is 19.1 Å². The second kappa shape index (κ2) is 2.88. The molecule has 0 unspecified atom stereocenters. The van der Waals surface area contributed by atoms with Crippen molar-refractivity contribution in [3.05, 3.63) is 17.3 Å². The minimum Gasteiger partial charge on any atom is -0.352 e. The first kappa shape index (κ1) is 7.76. The molecule has 1 aliphatic rings. The Morgan fingerprint density at radius 3 is 2.67 bits per heavy atom. The van der Waals surface area contributed by atoms with E-state index in [-0.39, 0.29) is 6.04 Å². The van der Waals surface area contributed by atoms with E-state index < -0.39 is 0 Å². The first-order valence-electron chi connectivity index (χ1n) is 3.75. The van der Waals surface area contributed by atoms with Crippen LogP contribution >= 0.6 is 11.6 Å². The zero-order valence-corrected chi connectivity index (χ0v) is 7.20. The third kappa shape index (κ3) is 1.35. The number of nitrogens with two attached hydrogens (primary N) is 1. The average Bonchev–Trinajstić information content (AvgIpc) is 2.01. The summed E-state index contributed by atoms with van der Waals surface area (Å²) < 4.78 is 0. The van der Waals surface area contributed by atoms with Crippen LogP contribution in [0.1, 0.15) is 0 Å². The Bertz CT molecular complexity index is 267. The van der Waals surface area contributed by atoms with Crippen molar-refractivity contribution < 1.29 is 0 Å². The predicted octanol–water partition coefficient (Wildman–Crippen LogP) is 0.277. The Morgan fingerprint density at radius 1 is 1.42 bits per heavy atom. The molecule has 2 heterocycles. The van der Waals surface area contributed by atoms with E-state index in [0.717, 1.165) is 18.9 Å². The van der Waals surface area contributed by atoms with E-state index in [4.69, 9.17) is 17.3 Å². The summed E-state index contributed by atoms with van der Waals surface area (Å²) in [4.78, 5) is 2.06. The minimum atomic E-state index is 0.280. The molecule has 1 aliphatic heterocycles. The van der Waals surface area contributed by atoms with Crippen LogP contribution in [0.3, 0.4) is 0 Å². The summed E-state index contributed by atoms with van der Waals surface area (Å²) in [5.41, 5.74) is 5.62. The largest absolute Gasteiger partial charge is 0.352 e. The van der Waals surface area contributed by atoms with Crippen molar-refractivity contribution in [1.29, 1.82) is 0 Å². The number of anilines is 1. The molecule has 12 heavy (non-hydrogen) atoms. The average molecular weight is 185 g/mol. The van der Waals surface area contributed by atoms with Gasteiger partial charge in [0.05, 0.1) is 0 Å². The van der Waals surface area contributed by atoms with Gasteiger partial charge in [-0.2, -0.15) is 0 Å². The Labute approximate surface area is 75.3 Å². The number of hydrogen-bond donors (Lipinski definition) is 1. The smallest absolute Gasteiger partial charge is 0.151 e. The summed E-state index contributed by atoms with van der Waals surface area (Å²) >= 11 is 5.59. The van der Waals surface area contributed by atoms with Gasteiger partial charge in [0.25, 0.3) is 0 Å². The highest BCUT2D eigenvalue weighted by atomic mass is 35.5. The third-order valence-corrected chi connectivity index (χ3v) is 2.05. The molecule has 2 N–H and O–H groups in total. The molecular formula is C7H9ClN4. The maximum absolute atomic E-state index is 5.62. The van der Waals surface area contributed by atoms with Crippen LogP contribution in [-0.2, 0) is 0 Å². The van der Waals surface area contributed by atoms with Gasteiger partial charge in [-0.3, -0.25) is 0 Å². The SMILES string of the molecule is NC1CN(c2ccc(Cl)nn2)C1. The van der Waals surface area contributed by atoms with Crippen molar-refractivity contribution in [2.75, 3.05) is 18.0 Å². The van der Waals surface area contributed by atoms with E-state index in [0.29, 0.717) is 5.15 Å². The summed E-state index contributed by atoms with van der Waals surface area (Å²) in [6.07, 6.45) is 0. The molecule has 1 saturated heterocycles. The van der Waals surface area contributed by atoms with Crippen LogP contribution in [0.15, 0.2) is 12.1 Å². The van der Waals surface area contributed by atoms with E-state index >= 15 is 0 Å². The van der Waals surface area contributed by atoms with Crippen molar-refractivity contribution in [2.24, 2.45) is 5.73 Å². The van der Waals surface area contributed by atoms with Crippen molar-refractivity contribution in [3.63, 3.8) is 0 Å². The fraction of sp³-hybridized carbons (Fsp3) is 0.429. The number of aromatic nitrogens is 2. The van der Waals surface area contributed by atoms with Crippen molar-refractivity contribution in [2.45, 2.75) is 6.04 Å². The van der Waals surface area contributed by atoms with Crippen LogP contribution in [0, 0.1) is 0 Å². The lowest BCUT2D eigenvalue weighted by atomic mass is 10.1. The molecule has 0 radical (unpaired) electrons. The summed E-state index contributed by atoms with van der Waals surface area (Å²) in [7, 11) is 0. The van der Waals surface area contributed by atoms with Gasteiger partial charge in [0.15, 0.2) is 11.0 Å². The lowest BCUT2D eigenvalue weighted by Gasteiger charge is -2.37. The lowest BCUT2D eigenvalue weighted by molar-refractivity contribution is 0.512. The van der Waals surface area contributed by atoms with E-state index in [1.165, 1.54) is 0 Å². The van der Waals surface area contributed by atoms with Gasteiger partial charge in [0.1, 0.15) is 0 Å². The molecule has 0 amide bonds. The molecule has 1 aromatic rings. The quantitative estimate of drug-likeness (QED) is 0.681. The molecule has 0 saturated carbocycles. The number of rotatable bonds is 1. The van der Waals surface area contributed by atoms with Gasteiger partial charge in [-0.25, -0.2) is 0 Å². The van der Waals surface area contributed by atoms with Gasteiger partial charge in [-0.05, 0) is 12.1 Å². The van der Waals surface area contributed by atoms with E-state index in [9.17, 15) is 0 Å². The summed E-state index contributed by atoms with van der Waals surface area (Å²) in [6.45, 7) is 1.71. The Morgan fingerprint density at radius 2 is 2.17 bits per heavy atom. The highest BCUT2D eigenvalue weighted by molar-refractivity contribution is 6.29. The molecule has 1 aromatic heterocycles. The van der Waals surface area contributed by atoms with Crippen molar-refractivity contribution in [3.8, 4) is 0 Å². The van der Waals surface area contributed by atoms with Crippen LogP contribution < -0.4 is 10.6 Å². The standard InChI is InChI=1S/C7H9ClN4/c8-6-1-2-7(11-10-6)12-3-5(9)4-12/h1-2,5H,3-4,9H2. The molecule has 4 nitrogen and oxygen atoms in total. The molecule has 0 bridgehead atoms. The Balaban J connectivity index is 2.09. The zero-order chi connectivity index (χ0) is 8.55. The summed E-state index contributed by atoms with van der Waals surface area (Å²) in [6, 6.07) is 3.86. The Hall–Kier alpha value is -0.870. The molecule has 64 valence electrons. The van der Waals surface area contributed by atoms with Gasteiger partial charge in [-0.15, -0.1) is 10.2 Å². The highest BCUT2D eigenvalue weighted by Crippen LogP contribution is 2.16. The van der Waals surface area contributed by atoms with Crippen molar-refractivity contribution >= 4 is 17.4 Å². The van der Waals surface area contributed by atoms with Crippen LogP contribution in [0.25, 0.3) is 0 Å². The molecule has 0 aromatic carbocycles. The maximum Gasteiger partial charge on any atom is 0.151 e. The molecular weight excluding hydrogens is 176 g/mol. The Kier molecular flexibility index (Phi) is 1.86. The number of nitrogens with zero attached hydrogens (tertiary/aromatic N) is 3. The van der Waals surface area contributed by atoms with Gasteiger partial charge in [0.2, 0.25) is 0 Å². The fourth-order valence-corrected chi connectivity index (χ4v) is 1.28. The molecule has 5 heteroatoms. The lowest BCUT2D eigenvalue weighted by Crippen LogP contribution is -2.56. The highest BCUT2D eigenvalue weighted by Gasteiger charge is 2.24. The monoisotopic (exact) mass is 184 g/mol. The fourth-order valence-electron chi connectivity index (χ4n) is 1.18. The van der Waals surface area contributed by atoms with E-state index in [1.54, 1.807) is 6.07 Å². The van der Waals surface area contributed by atoms with Gasteiger partial charge < -0.3 is 10.6 Å². The van der Waals surface area contributed by atoms with Crippen LogP contribution in [0.5, 0.6) is 0 Å². The maximum atomic E-state index is 5.62. The summed E-state index contributed by atoms with van der Waals surface area (Å²) in [5.74, 6) is 0.848. The van der Waals surface area contributed by atoms with Crippen molar-refractivity contribution in [1.82, 2.24) is 10.2 Å². The first-order chi connectivity index (χ1) is 5.75. The second-order valence-corrected chi connectivity index (χ2v) is 3.27. The van der Waals surface area contributed by atoms with E-state index in [1.807, 2.05) is 6.07 Å². The van der Waals surface area contributed by atoms with Gasteiger partial charge >= 0.3 is 0 Å². The predicted molar refractivity (Wildman–Crippen MR) is 47.2 cm³/mol. The zero-order valence-electron chi connectivity index (χ0n) is 6.44. The first-order valence-corrected chi connectivity index (χ1v) is 4.13. The normalized spacial score (nSPS) is 17.7. The number of halogens is 1. The third-order valence-electron chi connectivity index (χ3n) is 1.85. The second-order valence-electron chi connectivity index (χ2n) is 2.88.